The van der Waals surface area contributed by atoms with E-state index in [1.165, 1.54) is 0 Å². The zero-order valence-electron chi connectivity index (χ0n) is 34.0. The van der Waals surface area contributed by atoms with Crippen molar-refractivity contribution in [1.29, 1.82) is 0 Å². The van der Waals surface area contributed by atoms with Crippen molar-refractivity contribution in [2.24, 2.45) is 46.3 Å². The second-order valence-electron chi connectivity index (χ2n) is 19.2. The Morgan fingerprint density at radius 2 is 1.29 bits per heavy atom. The van der Waals surface area contributed by atoms with Crippen LogP contribution in [0, 0.1) is 46.3 Å². The molecule has 0 bridgehead atoms. The number of hydrogen-bond donors (Lipinski definition) is 12. The quantitative estimate of drug-likeness (QED) is 0.0928. The predicted molar refractivity (Wildman–Crippen MR) is 197 cm³/mol. The molecule has 25 atom stereocenters. The fourth-order valence-electron chi connectivity index (χ4n) is 13.3. The standard InChI is InChI=1S/C40H68O18/c1-16(15-54-35-31(49)27(45)25(43)22(13-41)55-35)6-11-40(53-5)17(2)24-21(57-40)12-20-18-7-10-39(58-36-32(50)28(46)26(44)23(14-42)56-36)34(52)30(48)29(47)33(51)38(39,4)19(18)8-9-37(20,24)3/h16-36,41-52H,6-15H2,1-5H3/t16-,17+,18-,19+,20+,21+,22-,23-,24+,25-,26-,27+,28+,29-,30+,31-,32-,33-,34+,35-,36+,37+,38+,39+,40-/m1/s1. The lowest BCUT2D eigenvalue weighted by molar-refractivity contribution is -0.398. The fourth-order valence-corrected chi connectivity index (χ4v) is 13.3. The molecule has 7 rings (SSSR count). The average Bonchev–Trinajstić information content (AvgIpc) is 3.67. The predicted octanol–water partition coefficient (Wildman–Crippen LogP) is -2.92. The molecule has 3 saturated heterocycles. The van der Waals surface area contributed by atoms with Gasteiger partial charge in [0.15, 0.2) is 18.4 Å². The van der Waals surface area contributed by atoms with Gasteiger partial charge in [-0.25, -0.2) is 0 Å². The van der Waals surface area contributed by atoms with Crippen molar-refractivity contribution in [2.45, 2.75) is 176 Å². The summed E-state index contributed by atoms with van der Waals surface area (Å²) in [5.74, 6) is -1.10. The number of aliphatic hydroxyl groups excluding tert-OH is 12. The summed E-state index contributed by atoms with van der Waals surface area (Å²) in [5.41, 5.74) is -3.36. The van der Waals surface area contributed by atoms with Crippen LogP contribution in [0.1, 0.15) is 72.6 Å². The van der Waals surface area contributed by atoms with Crippen molar-refractivity contribution in [1.82, 2.24) is 0 Å². The van der Waals surface area contributed by atoms with Crippen LogP contribution in [-0.2, 0) is 28.4 Å². The smallest absolute Gasteiger partial charge is 0.187 e. The van der Waals surface area contributed by atoms with Crippen LogP contribution in [0.2, 0.25) is 0 Å². The molecule has 4 saturated carbocycles. The molecular weight excluding hydrogens is 768 g/mol. The summed E-state index contributed by atoms with van der Waals surface area (Å²) in [6.07, 6.45) is -18.1. The third kappa shape index (κ3) is 6.67. The zero-order valence-corrected chi connectivity index (χ0v) is 34.0. The molecule has 3 heterocycles. The zero-order chi connectivity index (χ0) is 42.4. The first-order valence-corrected chi connectivity index (χ1v) is 21.1. The van der Waals surface area contributed by atoms with Gasteiger partial charge in [-0.05, 0) is 73.5 Å². The second-order valence-corrected chi connectivity index (χ2v) is 19.2. The summed E-state index contributed by atoms with van der Waals surface area (Å²) >= 11 is 0. The Morgan fingerprint density at radius 1 is 0.707 bits per heavy atom. The molecule has 18 heteroatoms. The third-order valence-corrected chi connectivity index (χ3v) is 16.6. The van der Waals surface area contributed by atoms with E-state index in [-0.39, 0.29) is 60.1 Å². The average molecular weight is 837 g/mol. The Morgan fingerprint density at radius 3 is 1.90 bits per heavy atom. The van der Waals surface area contributed by atoms with Crippen LogP contribution in [0.5, 0.6) is 0 Å². The maximum Gasteiger partial charge on any atom is 0.187 e. The molecule has 0 aromatic heterocycles. The SMILES string of the molecule is CO[C@]1(CC[C@@H](C)CO[C@@H]2O[C@H](CO)[C@@H](O)[C@H](O)[C@H]2O)O[C@H]2C[C@H]3[C@@H]4CC[C@]5(O[C@@H]6O[C@H](CO)[C@@H](O)[C@H](O)[C@H]6O)[C@@H](O)[C@@H](O)[C@@H](O)[C@@H](O)[C@]5(C)[C@H]4CC[C@]3(C)[C@H]2[C@@H]1C. The molecule has 12 N–H and O–H groups in total. The summed E-state index contributed by atoms with van der Waals surface area (Å²) in [4.78, 5) is 0. The summed E-state index contributed by atoms with van der Waals surface area (Å²) in [6.45, 7) is 7.09. The Labute approximate surface area is 338 Å². The van der Waals surface area contributed by atoms with E-state index < -0.39 is 116 Å². The van der Waals surface area contributed by atoms with Gasteiger partial charge in [-0.3, -0.25) is 0 Å². The van der Waals surface area contributed by atoms with Gasteiger partial charge in [0.2, 0.25) is 0 Å². The molecule has 0 aromatic rings. The normalized spacial score (nSPS) is 57.3. The molecule has 0 unspecified atom stereocenters. The molecule has 0 spiro atoms. The van der Waals surface area contributed by atoms with E-state index in [4.69, 9.17) is 28.4 Å². The lowest BCUT2D eigenvalue weighted by Crippen LogP contribution is -2.79. The van der Waals surface area contributed by atoms with Gasteiger partial charge in [0.1, 0.15) is 72.7 Å². The monoisotopic (exact) mass is 836 g/mol. The molecule has 336 valence electrons. The van der Waals surface area contributed by atoms with Gasteiger partial charge in [0.25, 0.3) is 0 Å². The highest BCUT2D eigenvalue weighted by molar-refractivity contribution is 5.23. The minimum absolute atomic E-state index is 0.0162. The first-order chi connectivity index (χ1) is 27.3. The van der Waals surface area contributed by atoms with Crippen LogP contribution in [0.4, 0.5) is 0 Å². The topological polar surface area (TPSA) is 298 Å². The van der Waals surface area contributed by atoms with E-state index in [1.807, 2.05) is 6.92 Å². The van der Waals surface area contributed by atoms with E-state index >= 15 is 0 Å². The van der Waals surface area contributed by atoms with Gasteiger partial charge in [-0.2, -0.15) is 0 Å². The summed E-state index contributed by atoms with van der Waals surface area (Å²) in [5, 5.41) is 128. The van der Waals surface area contributed by atoms with Gasteiger partial charge in [0, 0.05) is 24.9 Å². The first-order valence-electron chi connectivity index (χ1n) is 21.1. The fraction of sp³-hybridized carbons (Fsp3) is 1.00. The Bertz CT molecular complexity index is 1430. The molecule has 3 aliphatic heterocycles. The van der Waals surface area contributed by atoms with Gasteiger partial charge in [0.05, 0.1) is 32.0 Å². The van der Waals surface area contributed by atoms with E-state index in [9.17, 15) is 61.3 Å². The summed E-state index contributed by atoms with van der Waals surface area (Å²) < 4.78 is 36.7. The number of fused-ring (bicyclic) bond motifs is 7. The second kappa shape index (κ2) is 16.4. The van der Waals surface area contributed by atoms with Gasteiger partial charge < -0.3 is 89.7 Å². The van der Waals surface area contributed by atoms with Crippen LogP contribution >= 0.6 is 0 Å². The lowest BCUT2D eigenvalue weighted by atomic mass is 9.41. The lowest BCUT2D eigenvalue weighted by Gasteiger charge is -2.68. The highest BCUT2D eigenvalue weighted by Gasteiger charge is 2.76. The summed E-state index contributed by atoms with van der Waals surface area (Å²) in [7, 11) is 1.65. The van der Waals surface area contributed by atoms with E-state index in [2.05, 4.69) is 13.8 Å². The molecule has 4 aliphatic carbocycles. The minimum atomic E-state index is -1.80. The highest BCUT2D eigenvalue weighted by Crippen LogP contribution is 2.72. The molecule has 7 aliphatic rings. The first kappa shape index (κ1) is 45.3. The summed E-state index contributed by atoms with van der Waals surface area (Å²) in [6, 6.07) is 0. The van der Waals surface area contributed by atoms with Crippen molar-refractivity contribution in [3.8, 4) is 0 Å². The van der Waals surface area contributed by atoms with Crippen molar-refractivity contribution in [2.75, 3.05) is 26.9 Å². The Balaban J connectivity index is 1.07. The maximum atomic E-state index is 12.0. The van der Waals surface area contributed by atoms with Crippen molar-refractivity contribution in [3.63, 3.8) is 0 Å². The number of ether oxygens (including phenoxy) is 6. The van der Waals surface area contributed by atoms with Crippen LogP contribution in [0.15, 0.2) is 0 Å². The van der Waals surface area contributed by atoms with Crippen molar-refractivity contribution in [3.05, 3.63) is 0 Å². The van der Waals surface area contributed by atoms with Crippen LogP contribution < -0.4 is 0 Å². The molecule has 0 aromatic carbocycles. The van der Waals surface area contributed by atoms with Crippen LogP contribution in [0.3, 0.4) is 0 Å². The molecule has 0 radical (unpaired) electrons. The third-order valence-electron chi connectivity index (χ3n) is 16.6. The van der Waals surface area contributed by atoms with E-state index in [0.717, 1.165) is 0 Å². The van der Waals surface area contributed by atoms with Crippen molar-refractivity contribution < 1.29 is 89.7 Å². The van der Waals surface area contributed by atoms with Gasteiger partial charge in [-0.15, -0.1) is 0 Å². The van der Waals surface area contributed by atoms with Gasteiger partial charge in [-0.1, -0.05) is 27.7 Å². The van der Waals surface area contributed by atoms with Crippen molar-refractivity contribution >= 4 is 0 Å². The molecule has 58 heavy (non-hydrogen) atoms. The van der Waals surface area contributed by atoms with E-state index in [1.54, 1.807) is 14.0 Å². The van der Waals surface area contributed by atoms with Crippen LogP contribution in [0.25, 0.3) is 0 Å². The maximum absolute atomic E-state index is 12.0. The highest BCUT2D eigenvalue weighted by atomic mass is 16.7. The molecular formula is C40H68O18. The molecule has 7 fully saturated rings. The number of methoxy groups -OCH3 is 1. The largest absolute Gasteiger partial charge is 0.394 e. The number of rotatable bonds is 11. The Hall–Kier alpha value is -0.720. The Kier molecular flexibility index (Phi) is 12.8. The van der Waals surface area contributed by atoms with E-state index in [0.29, 0.717) is 38.5 Å². The molecule has 18 nitrogen and oxygen atoms in total. The number of hydrogen-bond acceptors (Lipinski definition) is 18. The number of aliphatic hydroxyl groups is 12. The van der Waals surface area contributed by atoms with Gasteiger partial charge >= 0.3 is 0 Å². The molecule has 0 amide bonds. The van der Waals surface area contributed by atoms with Crippen LogP contribution in [-0.4, -0.2) is 192 Å². The minimum Gasteiger partial charge on any atom is -0.394 e.